The monoisotopic (exact) mass is 449 g/mol. The lowest BCUT2D eigenvalue weighted by atomic mass is 10.00. The number of carbonyl (C=O) groups excluding carboxylic acids is 2. The standard InChI is InChI=1S/C26H31N3O2S/c1-17-11-13-27(14-12-17)16-28-23-8-6-5-7-22(23)26(25(28)31)29(24(30)20(4)32-26)21-10-9-18(2)19(3)15-21/h5-10,15,17,20H,11-14,16H2,1-4H3/t20-,26+/m0/s1. The van der Waals surface area contributed by atoms with E-state index in [0.717, 1.165) is 54.4 Å². The second-order valence-corrected chi connectivity index (χ2v) is 11.1. The molecule has 0 aromatic heterocycles. The van der Waals surface area contributed by atoms with Gasteiger partial charge in [-0.3, -0.25) is 24.3 Å². The highest BCUT2D eigenvalue weighted by molar-refractivity contribution is 8.03. The van der Waals surface area contributed by atoms with Crippen molar-refractivity contribution in [2.45, 2.75) is 50.7 Å². The molecule has 3 aliphatic heterocycles. The summed E-state index contributed by atoms with van der Waals surface area (Å²) in [6.07, 6.45) is 2.32. The number of fused-ring (bicyclic) bond motifs is 2. The van der Waals surface area contributed by atoms with Crippen molar-refractivity contribution in [2.75, 3.05) is 29.6 Å². The van der Waals surface area contributed by atoms with E-state index in [0.29, 0.717) is 6.67 Å². The summed E-state index contributed by atoms with van der Waals surface area (Å²) >= 11 is 1.48. The Morgan fingerprint density at radius 2 is 1.72 bits per heavy atom. The molecule has 6 heteroatoms. The number of piperidine rings is 1. The van der Waals surface area contributed by atoms with E-state index >= 15 is 0 Å². The summed E-state index contributed by atoms with van der Waals surface area (Å²) in [5.74, 6) is 0.733. The van der Waals surface area contributed by atoms with Crippen LogP contribution in [0.3, 0.4) is 0 Å². The molecule has 2 aromatic rings. The Hall–Kier alpha value is -2.31. The Morgan fingerprint density at radius 3 is 2.44 bits per heavy atom. The number of hydrogen-bond acceptors (Lipinski definition) is 4. The number of carbonyl (C=O) groups is 2. The highest BCUT2D eigenvalue weighted by atomic mass is 32.2. The highest BCUT2D eigenvalue weighted by Gasteiger charge is 2.63. The lowest BCUT2D eigenvalue weighted by Crippen LogP contribution is -2.52. The molecule has 2 saturated heterocycles. The van der Waals surface area contributed by atoms with E-state index in [9.17, 15) is 9.59 Å². The number of thioether (sulfide) groups is 1. The fourth-order valence-corrected chi connectivity index (χ4v) is 6.68. The van der Waals surface area contributed by atoms with E-state index in [2.05, 4.69) is 25.7 Å². The Balaban J connectivity index is 1.59. The predicted octanol–water partition coefficient (Wildman–Crippen LogP) is 4.66. The van der Waals surface area contributed by atoms with E-state index in [-0.39, 0.29) is 17.1 Å². The van der Waals surface area contributed by atoms with Crippen molar-refractivity contribution in [3.05, 3.63) is 59.2 Å². The molecular formula is C26H31N3O2S. The van der Waals surface area contributed by atoms with Crippen LogP contribution in [0, 0.1) is 19.8 Å². The van der Waals surface area contributed by atoms with Crippen molar-refractivity contribution in [1.29, 1.82) is 0 Å². The first-order valence-electron chi connectivity index (χ1n) is 11.6. The Kier molecular flexibility index (Phi) is 5.33. The van der Waals surface area contributed by atoms with Crippen LogP contribution in [0.2, 0.25) is 0 Å². The molecule has 168 valence electrons. The number of amides is 2. The number of anilines is 2. The number of likely N-dealkylation sites (tertiary alicyclic amines) is 1. The number of para-hydroxylation sites is 1. The Labute approximate surface area is 194 Å². The fraction of sp³-hybridized carbons (Fsp3) is 0.462. The molecule has 2 atom stereocenters. The third-order valence-electron chi connectivity index (χ3n) is 7.29. The van der Waals surface area contributed by atoms with Gasteiger partial charge in [-0.05, 0) is 68.9 Å². The van der Waals surface area contributed by atoms with E-state index in [1.54, 1.807) is 4.90 Å². The van der Waals surface area contributed by atoms with Gasteiger partial charge in [0.2, 0.25) is 10.8 Å². The summed E-state index contributed by atoms with van der Waals surface area (Å²) < 4.78 is 0. The van der Waals surface area contributed by atoms with Gasteiger partial charge in [0.25, 0.3) is 5.91 Å². The molecule has 0 radical (unpaired) electrons. The van der Waals surface area contributed by atoms with Crippen LogP contribution < -0.4 is 9.80 Å². The summed E-state index contributed by atoms with van der Waals surface area (Å²) in [4.78, 5) is 32.7. The van der Waals surface area contributed by atoms with Gasteiger partial charge in [0.15, 0.2) is 0 Å². The minimum Gasteiger partial charge on any atom is -0.295 e. The third kappa shape index (κ3) is 3.19. The molecule has 1 spiro atoms. The number of benzene rings is 2. The number of hydrogen-bond donors (Lipinski definition) is 0. The topological polar surface area (TPSA) is 43.9 Å². The summed E-state index contributed by atoms with van der Waals surface area (Å²) in [6.45, 7) is 10.9. The van der Waals surface area contributed by atoms with Gasteiger partial charge in [0, 0.05) is 24.3 Å². The third-order valence-corrected chi connectivity index (χ3v) is 8.77. The van der Waals surface area contributed by atoms with Gasteiger partial charge < -0.3 is 0 Å². The van der Waals surface area contributed by atoms with Crippen molar-refractivity contribution in [3.8, 4) is 0 Å². The average Bonchev–Trinajstić information content (AvgIpc) is 3.18. The van der Waals surface area contributed by atoms with Gasteiger partial charge in [-0.1, -0.05) is 31.2 Å². The molecular weight excluding hydrogens is 418 g/mol. The quantitative estimate of drug-likeness (QED) is 0.684. The first-order valence-corrected chi connectivity index (χ1v) is 12.4. The fourth-order valence-electron chi connectivity index (χ4n) is 5.15. The molecule has 0 unspecified atom stereocenters. The molecule has 3 aliphatic rings. The van der Waals surface area contributed by atoms with Gasteiger partial charge in [-0.2, -0.15) is 0 Å². The van der Waals surface area contributed by atoms with E-state index in [1.807, 2.05) is 54.3 Å². The number of aryl methyl sites for hydroxylation is 2. The van der Waals surface area contributed by atoms with Gasteiger partial charge in [-0.15, -0.1) is 11.8 Å². The molecule has 5 nitrogen and oxygen atoms in total. The van der Waals surface area contributed by atoms with Crippen molar-refractivity contribution < 1.29 is 9.59 Å². The molecule has 0 saturated carbocycles. The van der Waals surface area contributed by atoms with Crippen LogP contribution in [0.1, 0.15) is 43.4 Å². The second kappa shape index (κ2) is 7.92. The van der Waals surface area contributed by atoms with Crippen LogP contribution in [0.5, 0.6) is 0 Å². The maximum Gasteiger partial charge on any atom is 0.269 e. The zero-order valence-corrected chi connectivity index (χ0v) is 20.1. The maximum atomic E-state index is 14.2. The minimum absolute atomic E-state index is 0.00162. The molecule has 0 bridgehead atoms. The van der Waals surface area contributed by atoms with Crippen LogP contribution in [0.4, 0.5) is 11.4 Å². The SMILES string of the molecule is Cc1ccc(N2C(=O)[C@H](C)S[C@]23C(=O)N(CN2CCC(C)CC2)c2ccccc23)cc1C. The lowest BCUT2D eigenvalue weighted by molar-refractivity contribution is -0.124. The summed E-state index contributed by atoms with van der Waals surface area (Å²) in [5.41, 5.74) is 4.95. The van der Waals surface area contributed by atoms with Gasteiger partial charge >= 0.3 is 0 Å². The normalized spacial score (nSPS) is 26.4. The number of nitrogens with zero attached hydrogens (tertiary/aromatic N) is 3. The van der Waals surface area contributed by atoms with Crippen LogP contribution in [0.25, 0.3) is 0 Å². The van der Waals surface area contributed by atoms with Crippen molar-refractivity contribution >= 4 is 35.0 Å². The van der Waals surface area contributed by atoms with E-state index < -0.39 is 4.87 Å². The first-order chi connectivity index (χ1) is 15.3. The Bertz CT molecular complexity index is 1080. The summed E-state index contributed by atoms with van der Waals surface area (Å²) in [7, 11) is 0. The lowest BCUT2D eigenvalue weighted by Gasteiger charge is -2.36. The molecule has 3 heterocycles. The van der Waals surface area contributed by atoms with Gasteiger partial charge in [0.05, 0.1) is 17.6 Å². The van der Waals surface area contributed by atoms with Crippen molar-refractivity contribution in [1.82, 2.24) is 4.90 Å². The van der Waals surface area contributed by atoms with Gasteiger partial charge in [0.1, 0.15) is 0 Å². The first kappa shape index (κ1) is 21.5. The maximum absolute atomic E-state index is 14.2. The molecule has 5 rings (SSSR count). The summed E-state index contributed by atoms with van der Waals surface area (Å²) in [6, 6.07) is 14.1. The second-order valence-electron chi connectivity index (χ2n) is 9.54. The van der Waals surface area contributed by atoms with Crippen LogP contribution >= 0.6 is 11.8 Å². The van der Waals surface area contributed by atoms with Crippen molar-refractivity contribution in [3.63, 3.8) is 0 Å². The highest BCUT2D eigenvalue weighted by Crippen LogP contribution is 2.57. The van der Waals surface area contributed by atoms with Crippen molar-refractivity contribution in [2.24, 2.45) is 5.92 Å². The van der Waals surface area contributed by atoms with Crippen LogP contribution in [-0.4, -0.2) is 41.7 Å². The van der Waals surface area contributed by atoms with Crippen LogP contribution in [-0.2, 0) is 14.5 Å². The van der Waals surface area contributed by atoms with E-state index in [4.69, 9.17) is 0 Å². The van der Waals surface area contributed by atoms with E-state index in [1.165, 1.54) is 17.3 Å². The van der Waals surface area contributed by atoms with Crippen LogP contribution in [0.15, 0.2) is 42.5 Å². The molecule has 2 aromatic carbocycles. The molecule has 2 amide bonds. The zero-order chi connectivity index (χ0) is 22.6. The Morgan fingerprint density at radius 1 is 1.00 bits per heavy atom. The smallest absolute Gasteiger partial charge is 0.269 e. The van der Waals surface area contributed by atoms with Gasteiger partial charge in [-0.25, -0.2) is 0 Å². The molecule has 0 aliphatic carbocycles. The molecule has 2 fully saturated rings. The molecule has 0 N–H and O–H groups in total. The predicted molar refractivity (Wildman–Crippen MR) is 131 cm³/mol. The zero-order valence-electron chi connectivity index (χ0n) is 19.3. The average molecular weight is 450 g/mol. The minimum atomic E-state index is -1.04. The molecule has 32 heavy (non-hydrogen) atoms. The summed E-state index contributed by atoms with van der Waals surface area (Å²) in [5, 5.41) is -0.288. The number of rotatable bonds is 3. The largest absolute Gasteiger partial charge is 0.295 e.